The number of benzene rings is 2. The van der Waals surface area contributed by atoms with Crippen LogP contribution in [-0.2, 0) is 16.1 Å². The molecule has 0 aliphatic rings. The Kier molecular flexibility index (Phi) is 8.90. The van der Waals surface area contributed by atoms with E-state index in [4.69, 9.17) is 4.74 Å². The molecular weight excluding hydrogens is 444 g/mol. The van der Waals surface area contributed by atoms with E-state index in [2.05, 4.69) is 21.2 Å². The molecule has 0 aliphatic heterocycles. The van der Waals surface area contributed by atoms with Crippen LogP contribution in [0.25, 0.3) is 0 Å². The molecule has 0 bridgehead atoms. The predicted molar refractivity (Wildman–Crippen MR) is 123 cm³/mol. The van der Waals surface area contributed by atoms with Crippen LogP contribution in [-0.4, -0.2) is 35.9 Å². The number of hydrogen-bond acceptors (Lipinski definition) is 3. The van der Waals surface area contributed by atoms with E-state index in [1.807, 2.05) is 70.2 Å². The summed E-state index contributed by atoms with van der Waals surface area (Å²) in [5, 5.41) is 2.92. The lowest BCUT2D eigenvalue weighted by atomic mass is 10.1. The summed E-state index contributed by atoms with van der Waals surface area (Å²) >= 11 is 3.46. The molecule has 0 spiro atoms. The highest BCUT2D eigenvalue weighted by atomic mass is 79.9. The van der Waals surface area contributed by atoms with Gasteiger partial charge in [0.05, 0.1) is 0 Å². The fourth-order valence-electron chi connectivity index (χ4n) is 2.95. The zero-order valence-electron chi connectivity index (χ0n) is 18.4. The first kappa shape index (κ1) is 23.9. The number of nitrogens with zero attached hydrogens (tertiary/aromatic N) is 1. The van der Waals surface area contributed by atoms with E-state index in [-0.39, 0.29) is 18.4 Å². The normalized spacial score (nSPS) is 11.8. The second-order valence-corrected chi connectivity index (χ2v) is 8.94. The van der Waals surface area contributed by atoms with Crippen LogP contribution < -0.4 is 10.1 Å². The highest BCUT2D eigenvalue weighted by Crippen LogP contribution is 2.20. The minimum absolute atomic E-state index is 0.125. The van der Waals surface area contributed by atoms with Gasteiger partial charge in [-0.1, -0.05) is 54.0 Å². The summed E-state index contributed by atoms with van der Waals surface area (Å²) in [6.45, 7) is 10.5. The number of hydrogen-bond donors (Lipinski definition) is 1. The first-order chi connectivity index (χ1) is 14.2. The minimum Gasteiger partial charge on any atom is -0.483 e. The monoisotopic (exact) mass is 474 g/mol. The van der Waals surface area contributed by atoms with Crippen LogP contribution in [0.4, 0.5) is 0 Å². The van der Waals surface area contributed by atoms with Crippen molar-refractivity contribution in [2.45, 2.75) is 47.2 Å². The number of halogens is 1. The Morgan fingerprint density at radius 3 is 2.50 bits per heavy atom. The van der Waals surface area contributed by atoms with Gasteiger partial charge in [-0.3, -0.25) is 9.59 Å². The zero-order valence-corrected chi connectivity index (χ0v) is 20.0. The molecule has 0 radical (unpaired) electrons. The molecule has 0 fully saturated rings. The first-order valence-electron chi connectivity index (χ1n) is 10.2. The topological polar surface area (TPSA) is 58.6 Å². The summed E-state index contributed by atoms with van der Waals surface area (Å²) in [6.07, 6.45) is 0. The zero-order chi connectivity index (χ0) is 22.3. The average Bonchev–Trinajstić information content (AvgIpc) is 2.70. The molecule has 0 saturated heterocycles. The largest absolute Gasteiger partial charge is 0.483 e. The van der Waals surface area contributed by atoms with Crippen molar-refractivity contribution in [3.05, 3.63) is 63.6 Å². The van der Waals surface area contributed by atoms with Crippen molar-refractivity contribution in [1.82, 2.24) is 10.2 Å². The van der Waals surface area contributed by atoms with E-state index in [0.29, 0.717) is 24.8 Å². The van der Waals surface area contributed by atoms with Gasteiger partial charge in [-0.25, -0.2) is 0 Å². The second kappa shape index (κ2) is 11.2. The van der Waals surface area contributed by atoms with E-state index in [1.54, 1.807) is 11.8 Å². The van der Waals surface area contributed by atoms with Gasteiger partial charge in [-0.15, -0.1) is 0 Å². The van der Waals surface area contributed by atoms with Crippen LogP contribution in [0.3, 0.4) is 0 Å². The molecule has 6 heteroatoms. The summed E-state index contributed by atoms with van der Waals surface area (Å²) in [7, 11) is 0. The van der Waals surface area contributed by atoms with Crippen LogP contribution in [0.1, 0.15) is 37.5 Å². The molecule has 5 nitrogen and oxygen atoms in total. The highest BCUT2D eigenvalue weighted by molar-refractivity contribution is 9.10. The average molecular weight is 475 g/mol. The number of carbonyl (C=O) groups excluding carboxylic acids is 2. The van der Waals surface area contributed by atoms with E-state index in [0.717, 1.165) is 21.2 Å². The van der Waals surface area contributed by atoms with Crippen molar-refractivity contribution in [1.29, 1.82) is 0 Å². The van der Waals surface area contributed by atoms with Gasteiger partial charge in [0, 0.05) is 17.6 Å². The lowest BCUT2D eigenvalue weighted by molar-refractivity contribution is -0.142. The molecule has 30 heavy (non-hydrogen) atoms. The molecule has 0 unspecified atom stereocenters. The summed E-state index contributed by atoms with van der Waals surface area (Å²) in [5.41, 5.74) is 2.97. The molecule has 0 saturated carbocycles. The molecular formula is C24H31BrN2O3. The first-order valence-corrected chi connectivity index (χ1v) is 11.0. The van der Waals surface area contributed by atoms with Gasteiger partial charge in [0.15, 0.2) is 6.61 Å². The van der Waals surface area contributed by atoms with Crippen LogP contribution in [0.2, 0.25) is 0 Å². The van der Waals surface area contributed by atoms with Crippen molar-refractivity contribution >= 4 is 27.7 Å². The van der Waals surface area contributed by atoms with Gasteiger partial charge in [0.25, 0.3) is 5.91 Å². The van der Waals surface area contributed by atoms with Crippen molar-refractivity contribution in [3.8, 4) is 5.75 Å². The number of rotatable bonds is 9. The Hall–Kier alpha value is -2.34. The van der Waals surface area contributed by atoms with Gasteiger partial charge >= 0.3 is 0 Å². The van der Waals surface area contributed by atoms with Gasteiger partial charge in [0.1, 0.15) is 11.8 Å². The Bertz CT molecular complexity index is 883. The molecule has 2 aromatic rings. The lowest BCUT2D eigenvalue weighted by Crippen LogP contribution is -2.49. The summed E-state index contributed by atoms with van der Waals surface area (Å²) in [4.78, 5) is 27.3. The summed E-state index contributed by atoms with van der Waals surface area (Å²) in [6, 6.07) is 13.0. The summed E-state index contributed by atoms with van der Waals surface area (Å²) in [5.74, 6) is 0.618. The molecule has 162 valence electrons. The van der Waals surface area contributed by atoms with E-state index in [1.165, 1.54) is 0 Å². The highest BCUT2D eigenvalue weighted by Gasteiger charge is 2.26. The molecule has 0 aromatic heterocycles. The minimum atomic E-state index is -0.613. The fraction of sp³-hybridized carbons (Fsp3) is 0.417. The third kappa shape index (κ3) is 7.17. The van der Waals surface area contributed by atoms with Crippen molar-refractivity contribution < 1.29 is 14.3 Å². The SMILES string of the molecule is Cc1ccc(C)c(OCC(=O)N(Cc2cccc(Br)c2)[C@@H](C)C(=O)NCC(C)C)c1. The molecule has 2 rings (SSSR count). The lowest BCUT2D eigenvalue weighted by Gasteiger charge is -2.29. The standard InChI is InChI=1S/C24H31BrN2O3/c1-16(2)13-26-24(29)19(5)27(14-20-7-6-8-21(25)12-20)23(28)15-30-22-11-17(3)9-10-18(22)4/h6-12,16,19H,13-15H2,1-5H3,(H,26,29)/t19-/m0/s1. The molecule has 2 aromatic carbocycles. The molecule has 0 heterocycles. The van der Waals surface area contributed by atoms with E-state index < -0.39 is 6.04 Å². The van der Waals surface area contributed by atoms with Crippen molar-refractivity contribution in [2.75, 3.05) is 13.2 Å². The fourth-order valence-corrected chi connectivity index (χ4v) is 3.40. The maximum Gasteiger partial charge on any atom is 0.261 e. The number of carbonyl (C=O) groups is 2. The van der Waals surface area contributed by atoms with Crippen LogP contribution >= 0.6 is 15.9 Å². The number of aryl methyl sites for hydroxylation is 2. The Labute approximate surface area is 187 Å². The Morgan fingerprint density at radius 2 is 1.83 bits per heavy atom. The molecule has 0 aliphatic carbocycles. The van der Waals surface area contributed by atoms with E-state index >= 15 is 0 Å². The maximum absolute atomic E-state index is 13.1. The Morgan fingerprint density at radius 1 is 1.10 bits per heavy atom. The molecule has 1 atom stereocenters. The molecule has 2 amide bonds. The smallest absolute Gasteiger partial charge is 0.261 e. The second-order valence-electron chi connectivity index (χ2n) is 8.02. The van der Waals surface area contributed by atoms with Gasteiger partial charge in [-0.05, 0) is 61.6 Å². The quantitative estimate of drug-likeness (QED) is 0.575. The Balaban J connectivity index is 2.17. The van der Waals surface area contributed by atoms with Gasteiger partial charge in [0.2, 0.25) is 5.91 Å². The van der Waals surface area contributed by atoms with Gasteiger partial charge < -0.3 is 15.0 Å². The number of ether oxygens (including phenoxy) is 1. The van der Waals surface area contributed by atoms with Gasteiger partial charge in [-0.2, -0.15) is 0 Å². The van der Waals surface area contributed by atoms with Crippen LogP contribution in [0, 0.1) is 19.8 Å². The third-order valence-electron chi connectivity index (χ3n) is 4.79. The van der Waals surface area contributed by atoms with Crippen molar-refractivity contribution in [2.24, 2.45) is 5.92 Å². The van der Waals surface area contributed by atoms with Crippen molar-refractivity contribution in [3.63, 3.8) is 0 Å². The predicted octanol–water partition coefficient (Wildman–Crippen LogP) is 4.63. The summed E-state index contributed by atoms with van der Waals surface area (Å²) < 4.78 is 6.74. The van der Waals surface area contributed by atoms with Crippen LogP contribution in [0.15, 0.2) is 46.9 Å². The molecule has 1 N–H and O–H groups in total. The number of nitrogens with one attached hydrogen (secondary N) is 1. The maximum atomic E-state index is 13.1. The van der Waals surface area contributed by atoms with Crippen LogP contribution in [0.5, 0.6) is 5.75 Å². The van der Waals surface area contributed by atoms with E-state index in [9.17, 15) is 9.59 Å². The third-order valence-corrected chi connectivity index (χ3v) is 5.28. The number of amides is 2.